The van der Waals surface area contributed by atoms with Gasteiger partial charge in [0, 0.05) is 52.4 Å². The lowest BCUT2D eigenvalue weighted by molar-refractivity contribution is 0.584. The van der Waals surface area contributed by atoms with Crippen LogP contribution in [0.25, 0.3) is 0 Å². The molecule has 0 saturated carbocycles. The van der Waals surface area contributed by atoms with E-state index in [1.807, 2.05) is 0 Å². The molecule has 0 atom stereocenters. The van der Waals surface area contributed by atoms with Gasteiger partial charge in [-0.25, -0.2) is 4.98 Å². The molecular formula is C17H27N5. The maximum absolute atomic E-state index is 5.11. The van der Waals surface area contributed by atoms with Gasteiger partial charge in [-0.2, -0.15) is 0 Å². The van der Waals surface area contributed by atoms with Crippen LogP contribution in [0.2, 0.25) is 0 Å². The quantitative estimate of drug-likeness (QED) is 0.919. The van der Waals surface area contributed by atoms with Gasteiger partial charge in [0.1, 0.15) is 5.82 Å². The van der Waals surface area contributed by atoms with Crippen molar-refractivity contribution in [1.82, 2.24) is 10.3 Å². The molecule has 0 amide bonds. The average Bonchev–Trinajstić information content (AvgIpc) is 3.29. The minimum absolute atomic E-state index is 1.06. The molecule has 0 radical (unpaired) electrons. The summed E-state index contributed by atoms with van der Waals surface area (Å²) in [6.07, 6.45) is 5.24. The second-order valence-corrected chi connectivity index (χ2v) is 6.64. The molecule has 0 aromatic carbocycles. The first-order valence-electron chi connectivity index (χ1n) is 8.88. The molecule has 4 rings (SSSR count). The Kier molecular flexibility index (Phi) is 4.06. The number of piperazine rings is 1. The van der Waals surface area contributed by atoms with Gasteiger partial charge in [0.05, 0.1) is 5.69 Å². The number of pyridine rings is 1. The lowest BCUT2D eigenvalue weighted by Gasteiger charge is -2.33. The molecule has 0 bridgehead atoms. The van der Waals surface area contributed by atoms with Crippen molar-refractivity contribution in [3.05, 3.63) is 12.1 Å². The zero-order chi connectivity index (χ0) is 14.8. The van der Waals surface area contributed by atoms with Crippen LogP contribution in [0.15, 0.2) is 12.1 Å². The highest BCUT2D eigenvalue weighted by molar-refractivity contribution is 5.70. The Bertz CT molecular complexity index is 500. The van der Waals surface area contributed by atoms with Crippen LogP contribution in [0, 0.1) is 0 Å². The average molecular weight is 301 g/mol. The van der Waals surface area contributed by atoms with E-state index in [4.69, 9.17) is 4.98 Å². The molecule has 3 saturated heterocycles. The highest BCUT2D eigenvalue weighted by atomic mass is 15.3. The Labute approximate surface area is 133 Å². The summed E-state index contributed by atoms with van der Waals surface area (Å²) in [5.74, 6) is 2.39. The van der Waals surface area contributed by atoms with Crippen molar-refractivity contribution in [2.24, 2.45) is 0 Å². The van der Waals surface area contributed by atoms with Crippen LogP contribution in [0.5, 0.6) is 0 Å². The topological polar surface area (TPSA) is 34.6 Å². The number of nitrogens with zero attached hydrogens (tertiary/aromatic N) is 4. The number of anilines is 3. The third-order valence-electron chi connectivity index (χ3n) is 5.13. The molecule has 0 spiro atoms. The van der Waals surface area contributed by atoms with Gasteiger partial charge in [-0.1, -0.05) is 0 Å². The van der Waals surface area contributed by atoms with Crippen LogP contribution in [-0.2, 0) is 0 Å². The highest BCUT2D eigenvalue weighted by Gasteiger charge is 2.23. The lowest BCUT2D eigenvalue weighted by atomic mass is 10.2. The fourth-order valence-electron chi connectivity index (χ4n) is 3.87. The smallest absolute Gasteiger partial charge is 0.154 e. The van der Waals surface area contributed by atoms with Crippen molar-refractivity contribution in [2.45, 2.75) is 25.7 Å². The first-order valence-corrected chi connectivity index (χ1v) is 8.88. The van der Waals surface area contributed by atoms with Gasteiger partial charge in [0.25, 0.3) is 0 Å². The van der Waals surface area contributed by atoms with E-state index in [9.17, 15) is 0 Å². The Morgan fingerprint density at radius 3 is 2.05 bits per heavy atom. The Morgan fingerprint density at radius 2 is 1.36 bits per heavy atom. The summed E-state index contributed by atoms with van der Waals surface area (Å²) in [6.45, 7) is 8.96. The lowest BCUT2D eigenvalue weighted by Crippen LogP contribution is -2.44. The summed E-state index contributed by atoms with van der Waals surface area (Å²) >= 11 is 0. The fraction of sp³-hybridized carbons (Fsp3) is 0.706. The first-order chi connectivity index (χ1) is 10.9. The molecule has 1 aromatic heterocycles. The number of hydrogen-bond acceptors (Lipinski definition) is 5. The first kappa shape index (κ1) is 14.1. The van der Waals surface area contributed by atoms with E-state index in [0.717, 1.165) is 39.3 Å². The van der Waals surface area contributed by atoms with Crippen LogP contribution in [0.1, 0.15) is 25.7 Å². The van der Waals surface area contributed by atoms with Gasteiger partial charge in [0.15, 0.2) is 5.82 Å². The number of rotatable bonds is 3. The second-order valence-electron chi connectivity index (χ2n) is 6.64. The molecule has 0 aliphatic carbocycles. The van der Waals surface area contributed by atoms with E-state index in [-0.39, 0.29) is 0 Å². The van der Waals surface area contributed by atoms with Crippen molar-refractivity contribution in [1.29, 1.82) is 0 Å². The van der Waals surface area contributed by atoms with Crippen LogP contribution < -0.4 is 20.0 Å². The summed E-state index contributed by atoms with van der Waals surface area (Å²) in [4.78, 5) is 12.6. The van der Waals surface area contributed by atoms with Gasteiger partial charge in [-0.05, 0) is 37.8 Å². The maximum atomic E-state index is 5.11. The Balaban J connectivity index is 1.66. The molecule has 3 fully saturated rings. The van der Waals surface area contributed by atoms with Gasteiger partial charge in [0.2, 0.25) is 0 Å². The zero-order valence-corrected chi connectivity index (χ0v) is 13.4. The molecule has 120 valence electrons. The van der Waals surface area contributed by atoms with E-state index in [2.05, 4.69) is 32.1 Å². The number of aromatic nitrogens is 1. The van der Waals surface area contributed by atoms with Gasteiger partial charge in [-0.3, -0.25) is 0 Å². The molecule has 3 aliphatic heterocycles. The Morgan fingerprint density at radius 1 is 0.727 bits per heavy atom. The predicted molar refractivity (Wildman–Crippen MR) is 92.2 cm³/mol. The molecule has 22 heavy (non-hydrogen) atoms. The summed E-state index contributed by atoms with van der Waals surface area (Å²) in [6, 6.07) is 4.56. The molecule has 4 heterocycles. The molecule has 0 unspecified atom stereocenters. The van der Waals surface area contributed by atoms with Crippen LogP contribution >= 0.6 is 0 Å². The molecule has 1 N–H and O–H groups in total. The number of hydrogen-bond donors (Lipinski definition) is 1. The van der Waals surface area contributed by atoms with Crippen LogP contribution in [-0.4, -0.2) is 57.3 Å². The summed E-state index contributed by atoms with van der Waals surface area (Å²) in [5.41, 5.74) is 1.35. The zero-order valence-electron chi connectivity index (χ0n) is 13.4. The van der Waals surface area contributed by atoms with Crippen LogP contribution in [0.4, 0.5) is 17.3 Å². The molecule has 5 heteroatoms. The minimum Gasteiger partial charge on any atom is -0.369 e. The van der Waals surface area contributed by atoms with Crippen molar-refractivity contribution in [3.63, 3.8) is 0 Å². The van der Waals surface area contributed by atoms with E-state index in [1.165, 1.54) is 56.1 Å². The van der Waals surface area contributed by atoms with E-state index in [1.54, 1.807) is 0 Å². The standard InChI is InChI=1S/C17H27N5/c1-2-10-20(9-1)15-5-6-16(21-11-3-4-12-21)19-17(15)22-13-7-18-8-14-22/h5-6,18H,1-4,7-14H2. The van der Waals surface area contributed by atoms with E-state index >= 15 is 0 Å². The molecule has 1 aromatic rings. The molecular weight excluding hydrogens is 274 g/mol. The highest BCUT2D eigenvalue weighted by Crippen LogP contribution is 2.33. The largest absolute Gasteiger partial charge is 0.369 e. The molecule has 3 aliphatic rings. The maximum Gasteiger partial charge on any atom is 0.154 e. The predicted octanol–water partition coefficient (Wildman–Crippen LogP) is 1.69. The van der Waals surface area contributed by atoms with Crippen molar-refractivity contribution < 1.29 is 0 Å². The Hall–Kier alpha value is -1.49. The summed E-state index contributed by atoms with van der Waals surface area (Å²) < 4.78 is 0. The van der Waals surface area contributed by atoms with Crippen molar-refractivity contribution >= 4 is 17.3 Å². The normalized spacial score (nSPS) is 22.6. The van der Waals surface area contributed by atoms with Crippen molar-refractivity contribution in [3.8, 4) is 0 Å². The molecule has 5 nitrogen and oxygen atoms in total. The number of nitrogens with one attached hydrogen (secondary N) is 1. The minimum atomic E-state index is 1.06. The van der Waals surface area contributed by atoms with Gasteiger partial charge < -0.3 is 20.0 Å². The monoisotopic (exact) mass is 301 g/mol. The van der Waals surface area contributed by atoms with E-state index < -0.39 is 0 Å². The van der Waals surface area contributed by atoms with Gasteiger partial charge in [-0.15, -0.1) is 0 Å². The van der Waals surface area contributed by atoms with E-state index in [0.29, 0.717) is 0 Å². The van der Waals surface area contributed by atoms with Crippen LogP contribution in [0.3, 0.4) is 0 Å². The van der Waals surface area contributed by atoms with Gasteiger partial charge >= 0.3 is 0 Å². The van der Waals surface area contributed by atoms with Crippen molar-refractivity contribution in [2.75, 3.05) is 67.1 Å². The third-order valence-corrected chi connectivity index (χ3v) is 5.13. The fourth-order valence-corrected chi connectivity index (χ4v) is 3.87. The SMILES string of the molecule is c1cc(N2CCCC2)c(N2CCNCC2)nc1N1CCCC1. The second kappa shape index (κ2) is 6.32. The summed E-state index contributed by atoms with van der Waals surface area (Å²) in [5, 5.41) is 3.45. The third kappa shape index (κ3) is 2.74. The summed E-state index contributed by atoms with van der Waals surface area (Å²) in [7, 11) is 0.